The number of rotatable bonds is 4. The first-order valence-corrected chi connectivity index (χ1v) is 8.26. The van der Waals surface area contributed by atoms with Crippen LogP contribution in [0.1, 0.15) is 11.4 Å². The Kier molecular flexibility index (Phi) is 5.14. The van der Waals surface area contributed by atoms with E-state index in [4.69, 9.17) is 4.74 Å². The number of aromatic nitrogens is 2. The van der Waals surface area contributed by atoms with Crippen molar-refractivity contribution < 1.29 is 4.74 Å². The molecule has 0 aliphatic carbocycles. The lowest BCUT2D eigenvalue weighted by Crippen LogP contribution is -2.06. The zero-order chi connectivity index (χ0) is 14.9. The molecular formula is C13H14Br3N3O. The van der Waals surface area contributed by atoms with Crippen LogP contribution in [0.4, 0.5) is 5.69 Å². The fourth-order valence-electron chi connectivity index (χ4n) is 1.87. The Morgan fingerprint density at radius 1 is 1.25 bits per heavy atom. The number of hydrogen-bond donors (Lipinski definition) is 1. The summed E-state index contributed by atoms with van der Waals surface area (Å²) in [5.41, 5.74) is 3.05. The third kappa shape index (κ3) is 3.20. The molecule has 0 unspecified atom stereocenters. The first-order chi connectivity index (χ1) is 9.43. The van der Waals surface area contributed by atoms with Gasteiger partial charge < -0.3 is 10.1 Å². The van der Waals surface area contributed by atoms with Crippen molar-refractivity contribution in [3.63, 3.8) is 0 Å². The molecule has 0 amide bonds. The van der Waals surface area contributed by atoms with Crippen LogP contribution in [0.15, 0.2) is 25.6 Å². The number of nitrogens with zero attached hydrogens (tertiary/aromatic N) is 2. The number of hydrogen-bond acceptors (Lipinski definition) is 3. The van der Waals surface area contributed by atoms with Crippen molar-refractivity contribution >= 4 is 53.5 Å². The summed E-state index contributed by atoms with van der Waals surface area (Å²) in [7, 11) is 3.59. The number of aryl methyl sites for hydroxylation is 2. The summed E-state index contributed by atoms with van der Waals surface area (Å²) in [6.45, 7) is 2.65. The normalized spacial score (nSPS) is 10.7. The fourth-order valence-corrected chi connectivity index (χ4v) is 3.64. The van der Waals surface area contributed by atoms with Crippen LogP contribution in [0, 0.1) is 6.92 Å². The van der Waals surface area contributed by atoms with Crippen LogP contribution in [0.25, 0.3) is 0 Å². The van der Waals surface area contributed by atoms with E-state index in [1.807, 2.05) is 30.8 Å². The van der Waals surface area contributed by atoms with Gasteiger partial charge in [-0.2, -0.15) is 5.10 Å². The molecule has 0 spiro atoms. The summed E-state index contributed by atoms with van der Waals surface area (Å²) < 4.78 is 10.1. The molecule has 1 aromatic carbocycles. The zero-order valence-corrected chi connectivity index (χ0v) is 16.1. The minimum Gasteiger partial charge on any atom is -0.495 e. The fraction of sp³-hybridized carbons (Fsp3) is 0.308. The maximum Gasteiger partial charge on any atom is 0.135 e. The Morgan fingerprint density at radius 3 is 2.50 bits per heavy atom. The second kappa shape index (κ2) is 6.49. The average Bonchev–Trinajstić information content (AvgIpc) is 2.63. The van der Waals surface area contributed by atoms with Gasteiger partial charge in [0.2, 0.25) is 0 Å². The highest BCUT2D eigenvalue weighted by Crippen LogP contribution is 2.35. The number of benzene rings is 1. The molecule has 2 aromatic rings. The lowest BCUT2D eigenvalue weighted by atomic mass is 10.3. The van der Waals surface area contributed by atoms with Gasteiger partial charge in [0.25, 0.3) is 0 Å². The quantitative estimate of drug-likeness (QED) is 0.712. The van der Waals surface area contributed by atoms with E-state index in [0.29, 0.717) is 6.54 Å². The molecule has 2 rings (SSSR count). The van der Waals surface area contributed by atoms with E-state index in [0.717, 1.165) is 36.2 Å². The summed E-state index contributed by atoms with van der Waals surface area (Å²) >= 11 is 10.6. The Labute approximate surface area is 143 Å². The van der Waals surface area contributed by atoms with Crippen LogP contribution >= 0.6 is 47.8 Å². The van der Waals surface area contributed by atoms with E-state index < -0.39 is 0 Å². The molecule has 0 saturated carbocycles. The maximum atomic E-state index is 5.31. The van der Waals surface area contributed by atoms with Crippen molar-refractivity contribution in [3.05, 3.63) is 36.9 Å². The molecule has 108 valence electrons. The molecule has 0 aliphatic rings. The topological polar surface area (TPSA) is 39.1 Å². The van der Waals surface area contributed by atoms with Gasteiger partial charge in [0.05, 0.1) is 39.7 Å². The van der Waals surface area contributed by atoms with Crippen molar-refractivity contribution in [1.82, 2.24) is 9.78 Å². The Morgan fingerprint density at radius 2 is 1.95 bits per heavy atom. The van der Waals surface area contributed by atoms with Crippen LogP contribution < -0.4 is 10.1 Å². The van der Waals surface area contributed by atoms with Crippen LogP contribution in [-0.2, 0) is 13.6 Å². The van der Waals surface area contributed by atoms with E-state index in [2.05, 4.69) is 58.2 Å². The molecule has 1 heterocycles. The SMILES string of the molecule is COc1cc(NCc2c(Br)c(C)nn2C)c(Br)cc1Br. The van der Waals surface area contributed by atoms with Gasteiger partial charge in [-0.15, -0.1) is 0 Å². The first-order valence-electron chi connectivity index (χ1n) is 5.89. The predicted octanol–water partition coefficient (Wildman–Crippen LogP) is 4.64. The van der Waals surface area contributed by atoms with Gasteiger partial charge in [-0.05, 0) is 60.8 Å². The molecule has 0 saturated heterocycles. The Hall–Kier alpha value is -0.530. The highest BCUT2D eigenvalue weighted by atomic mass is 79.9. The minimum atomic E-state index is 0.668. The van der Waals surface area contributed by atoms with Gasteiger partial charge >= 0.3 is 0 Å². The number of anilines is 1. The van der Waals surface area contributed by atoms with Gasteiger partial charge in [0.15, 0.2) is 0 Å². The van der Waals surface area contributed by atoms with Crippen molar-refractivity contribution in [2.24, 2.45) is 7.05 Å². The standard InChI is InChI=1S/C13H14Br3N3O/c1-7-13(16)11(19(2)18-7)6-17-10-5-12(20-3)9(15)4-8(10)14/h4-5,17H,6H2,1-3H3. The van der Waals surface area contributed by atoms with Gasteiger partial charge in [0.1, 0.15) is 5.75 Å². The zero-order valence-electron chi connectivity index (χ0n) is 11.3. The highest BCUT2D eigenvalue weighted by Gasteiger charge is 2.12. The molecule has 0 fully saturated rings. The summed E-state index contributed by atoms with van der Waals surface area (Å²) in [5, 5.41) is 7.77. The predicted molar refractivity (Wildman–Crippen MR) is 91.4 cm³/mol. The number of methoxy groups -OCH3 is 1. The molecule has 7 heteroatoms. The highest BCUT2D eigenvalue weighted by molar-refractivity contribution is 9.11. The van der Waals surface area contributed by atoms with E-state index in [9.17, 15) is 0 Å². The Balaban J connectivity index is 2.23. The number of ether oxygens (including phenoxy) is 1. The molecular weight excluding hydrogens is 454 g/mol. The average molecular weight is 468 g/mol. The molecule has 0 aliphatic heterocycles. The van der Waals surface area contributed by atoms with E-state index in [1.165, 1.54) is 0 Å². The first kappa shape index (κ1) is 15.9. The number of nitrogens with one attached hydrogen (secondary N) is 1. The van der Waals surface area contributed by atoms with E-state index >= 15 is 0 Å². The van der Waals surface area contributed by atoms with Gasteiger partial charge in [-0.3, -0.25) is 4.68 Å². The Bertz CT molecular complexity index is 640. The lowest BCUT2D eigenvalue weighted by Gasteiger charge is -2.12. The molecule has 0 atom stereocenters. The molecule has 0 bridgehead atoms. The second-order valence-electron chi connectivity index (χ2n) is 4.29. The van der Waals surface area contributed by atoms with Crippen LogP contribution in [0.2, 0.25) is 0 Å². The molecule has 4 nitrogen and oxygen atoms in total. The molecule has 1 N–H and O–H groups in total. The maximum absolute atomic E-state index is 5.31. The monoisotopic (exact) mass is 465 g/mol. The molecule has 0 radical (unpaired) electrons. The van der Waals surface area contributed by atoms with E-state index in [1.54, 1.807) is 7.11 Å². The van der Waals surface area contributed by atoms with Crippen LogP contribution in [0.3, 0.4) is 0 Å². The van der Waals surface area contributed by atoms with Gasteiger partial charge in [0, 0.05) is 17.6 Å². The third-order valence-corrected chi connectivity index (χ3v) is 5.26. The van der Waals surface area contributed by atoms with Crippen molar-refractivity contribution in [1.29, 1.82) is 0 Å². The largest absolute Gasteiger partial charge is 0.495 e. The molecule has 20 heavy (non-hydrogen) atoms. The van der Waals surface area contributed by atoms with Crippen LogP contribution in [0.5, 0.6) is 5.75 Å². The van der Waals surface area contributed by atoms with E-state index in [-0.39, 0.29) is 0 Å². The smallest absolute Gasteiger partial charge is 0.135 e. The summed E-state index contributed by atoms with van der Waals surface area (Å²) in [6.07, 6.45) is 0. The minimum absolute atomic E-state index is 0.668. The van der Waals surface area contributed by atoms with Gasteiger partial charge in [-0.25, -0.2) is 0 Å². The van der Waals surface area contributed by atoms with Crippen LogP contribution in [-0.4, -0.2) is 16.9 Å². The van der Waals surface area contributed by atoms with Crippen molar-refractivity contribution in [3.8, 4) is 5.75 Å². The van der Waals surface area contributed by atoms with Crippen molar-refractivity contribution in [2.75, 3.05) is 12.4 Å². The summed E-state index contributed by atoms with van der Waals surface area (Å²) in [5.74, 6) is 0.788. The lowest BCUT2D eigenvalue weighted by molar-refractivity contribution is 0.412. The van der Waals surface area contributed by atoms with Crippen molar-refractivity contribution in [2.45, 2.75) is 13.5 Å². The summed E-state index contributed by atoms with van der Waals surface area (Å²) in [4.78, 5) is 0. The third-order valence-electron chi connectivity index (χ3n) is 2.95. The van der Waals surface area contributed by atoms with Gasteiger partial charge in [-0.1, -0.05) is 0 Å². The summed E-state index contributed by atoms with van der Waals surface area (Å²) in [6, 6.07) is 3.91. The number of halogens is 3. The second-order valence-corrected chi connectivity index (χ2v) is 6.79. The molecule has 1 aromatic heterocycles.